The third kappa shape index (κ3) is 5.61. The fraction of sp³-hybridized carbons (Fsp3) is 0.208. The van der Waals surface area contributed by atoms with Crippen LogP contribution in [-0.4, -0.2) is 34.8 Å². The van der Waals surface area contributed by atoms with Gasteiger partial charge in [-0.3, -0.25) is 9.10 Å². The maximum atomic E-state index is 14.4. The Morgan fingerprint density at radius 3 is 2.27 bits per heavy atom. The van der Waals surface area contributed by atoms with Crippen molar-refractivity contribution in [2.24, 2.45) is 0 Å². The first kappa shape index (κ1) is 24.1. The molecule has 0 aliphatic carbocycles. The number of halogens is 1. The Morgan fingerprint density at radius 1 is 1.00 bits per heavy atom. The van der Waals surface area contributed by atoms with Gasteiger partial charge in [0.05, 0.1) is 38.3 Å². The van der Waals surface area contributed by atoms with Crippen LogP contribution in [0.3, 0.4) is 0 Å². The van der Waals surface area contributed by atoms with Gasteiger partial charge in [-0.15, -0.1) is 0 Å². The zero-order valence-electron chi connectivity index (χ0n) is 18.8. The van der Waals surface area contributed by atoms with E-state index >= 15 is 0 Å². The molecule has 0 aromatic heterocycles. The van der Waals surface area contributed by atoms with Crippen molar-refractivity contribution < 1.29 is 27.1 Å². The second-order valence-electron chi connectivity index (χ2n) is 7.41. The van der Waals surface area contributed by atoms with E-state index in [9.17, 15) is 17.6 Å². The summed E-state index contributed by atoms with van der Waals surface area (Å²) in [5, 5.41) is 2.78. The lowest BCUT2D eigenvalue weighted by molar-refractivity contribution is 0.102. The van der Waals surface area contributed by atoms with Crippen molar-refractivity contribution in [1.82, 2.24) is 0 Å². The van der Waals surface area contributed by atoms with Gasteiger partial charge in [-0.1, -0.05) is 30.3 Å². The molecule has 1 N–H and O–H groups in total. The minimum Gasteiger partial charge on any atom is -0.493 e. The van der Waals surface area contributed by atoms with Gasteiger partial charge in [0.1, 0.15) is 5.82 Å². The summed E-state index contributed by atoms with van der Waals surface area (Å²) in [5.74, 6) is -0.645. The molecule has 0 fully saturated rings. The Balaban J connectivity index is 2.16. The van der Waals surface area contributed by atoms with Crippen LogP contribution in [0.25, 0.3) is 0 Å². The van der Waals surface area contributed by atoms with Gasteiger partial charge in [0.15, 0.2) is 11.5 Å². The van der Waals surface area contributed by atoms with Crippen LogP contribution in [0, 0.1) is 12.7 Å². The van der Waals surface area contributed by atoms with Crippen molar-refractivity contribution in [2.45, 2.75) is 13.5 Å². The number of hydrogen-bond acceptors (Lipinski definition) is 5. The molecule has 174 valence electrons. The van der Waals surface area contributed by atoms with E-state index in [1.807, 2.05) is 13.0 Å². The molecule has 33 heavy (non-hydrogen) atoms. The van der Waals surface area contributed by atoms with Crippen LogP contribution in [0.2, 0.25) is 0 Å². The first-order valence-corrected chi connectivity index (χ1v) is 11.8. The topological polar surface area (TPSA) is 84.9 Å². The molecule has 0 atom stereocenters. The van der Waals surface area contributed by atoms with Crippen LogP contribution < -0.4 is 19.1 Å². The zero-order valence-corrected chi connectivity index (χ0v) is 19.6. The first-order chi connectivity index (χ1) is 15.6. The van der Waals surface area contributed by atoms with Crippen LogP contribution in [-0.2, 0) is 16.6 Å². The fourth-order valence-electron chi connectivity index (χ4n) is 3.34. The highest BCUT2D eigenvalue weighted by Gasteiger charge is 2.27. The van der Waals surface area contributed by atoms with Crippen molar-refractivity contribution in [2.75, 3.05) is 30.1 Å². The molecular weight excluding hydrogens is 447 g/mol. The Morgan fingerprint density at radius 2 is 1.67 bits per heavy atom. The molecule has 3 rings (SSSR count). The highest BCUT2D eigenvalue weighted by molar-refractivity contribution is 7.92. The maximum absolute atomic E-state index is 14.4. The van der Waals surface area contributed by atoms with E-state index < -0.39 is 21.7 Å². The summed E-state index contributed by atoms with van der Waals surface area (Å²) in [4.78, 5) is 13.3. The number of nitrogens with zero attached hydrogens (tertiary/aromatic N) is 1. The minimum atomic E-state index is -3.92. The third-order valence-electron chi connectivity index (χ3n) is 4.96. The Hall–Kier alpha value is -3.59. The van der Waals surface area contributed by atoms with E-state index in [0.29, 0.717) is 5.69 Å². The van der Waals surface area contributed by atoms with Crippen molar-refractivity contribution in [3.8, 4) is 11.5 Å². The van der Waals surface area contributed by atoms with Crippen LogP contribution in [0.1, 0.15) is 21.5 Å². The molecule has 3 aromatic carbocycles. The predicted octanol–water partition coefficient (Wildman–Crippen LogP) is 4.37. The van der Waals surface area contributed by atoms with E-state index in [0.717, 1.165) is 16.1 Å². The number of anilines is 2. The van der Waals surface area contributed by atoms with E-state index in [1.54, 1.807) is 24.3 Å². The van der Waals surface area contributed by atoms with Gasteiger partial charge in [-0.2, -0.15) is 0 Å². The lowest BCUT2D eigenvalue weighted by Gasteiger charge is -2.26. The summed E-state index contributed by atoms with van der Waals surface area (Å²) >= 11 is 0. The standard InChI is InChI=1S/C24H25FN2O5S/c1-16-8-7-10-18(12-16)26-24(28)19-13-22(31-2)23(32-3)14-21(19)27(33(4,29)30)15-17-9-5-6-11-20(17)25/h5-14H,15H2,1-4H3,(H,26,28). The molecule has 7 nitrogen and oxygen atoms in total. The predicted molar refractivity (Wildman–Crippen MR) is 126 cm³/mol. The molecule has 0 radical (unpaired) electrons. The van der Waals surface area contributed by atoms with Crippen molar-refractivity contribution in [1.29, 1.82) is 0 Å². The number of rotatable bonds is 8. The summed E-state index contributed by atoms with van der Waals surface area (Å²) in [6.07, 6.45) is 0.993. The fourth-order valence-corrected chi connectivity index (χ4v) is 4.22. The molecule has 1 amide bonds. The molecule has 9 heteroatoms. The number of carbonyl (C=O) groups is 1. The molecule has 3 aromatic rings. The summed E-state index contributed by atoms with van der Waals surface area (Å²) < 4.78 is 51.5. The van der Waals surface area contributed by atoms with E-state index in [2.05, 4.69) is 5.32 Å². The lowest BCUT2D eigenvalue weighted by Crippen LogP contribution is -2.32. The molecule has 0 saturated carbocycles. The monoisotopic (exact) mass is 472 g/mol. The highest BCUT2D eigenvalue weighted by atomic mass is 32.2. The lowest BCUT2D eigenvalue weighted by atomic mass is 10.1. The molecule has 0 aliphatic heterocycles. The van der Waals surface area contributed by atoms with E-state index in [-0.39, 0.29) is 34.9 Å². The molecular formula is C24H25FN2O5S. The van der Waals surface area contributed by atoms with Crippen molar-refractivity contribution in [3.63, 3.8) is 0 Å². The SMILES string of the molecule is COc1cc(C(=O)Nc2cccc(C)c2)c(N(Cc2ccccc2F)S(C)(=O)=O)cc1OC. The van der Waals surface area contributed by atoms with Gasteiger partial charge < -0.3 is 14.8 Å². The quantitative estimate of drug-likeness (QED) is 0.526. The average Bonchev–Trinajstić information content (AvgIpc) is 2.76. The number of carbonyl (C=O) groups excluding carboxylic acids is 1. The number of hydrogen-bond donors (Lipinski definition) is 1. The second-order valence-corrected chi connectivity index (χ2v) is 9.32. The van der Waals surface area contributed by atoms with Gasteiger partial charge in [0.25, 0.3) is 5.91 Å². The summed E-state index contributed by atoms with van der Waals surface area (Å²) in [6, 6.07) is 15.8. The molecule has 0 heterocycles. The number of ether oxygens (including phenoxy) is 2. The molecule has 0 bridgehead atoms. The van der Waals surface area contributed by atoms with Gasteiger partial charge in [0, 0.05) is 17.3 Å². The molecule has 0 saturated heterocycles. The summed E-state index contributed by atoms with van der Waals surface area (Å²) in [5.41, 5.74) is 1.70. The number of nitrogens with one attached hydrogen (secondary N) is 1. The average molecular weight is 473 g/mol. The zero-order chi connectivity index (χ0) is 24.2. The minimum absolute atomic E-state index is 0.0240. The molecule has 0 unspecified atom stereocenters. The summed E-state index contributed by atoms with van der Waals surface area (Å²) in [7, 11) is -1.11. The second kappa shape index (κ2) is 9.91. The number of amides is 1. The Kier molecular flexibility index (Phi) is 7.23. The number of aryl methyl sites for hydroxylation is 1. The Bertz CT molecular complexity index is 1280. The Labute approximate surface area is 192 Å². The normalized spacial score (nSPS) is 11.1. The van der Waals surface area contributed by atoms with Crippen LogP contribution in [0.5, 0.6) is 11.5 Å². The molecule has 0 spiro atoms. The van der Waals surface area contributed by atoms with Crippen molar-refractivity contribution in [3.05, 3.63) is 83.2 Å². The number of benzene rings is 3. The van der Waals surface area contributed by atoms with E-state index in [4.69, 9.17) is 9.47 Å². The largest absolute Gasteiger partial charge is 0.493 e. The van der Waals surface area contributed by atoms with Gasteiger partial charge >= 0.3 is 0 Å². The van der Waals surface area contributed by atoms with E-state index in [1.165, 1.54) is 44.6 Å². The maximum Gasteiger partial charge on any atom is 0.257 e. The van der Waals surface area contributed by atoms with Crippen LogP contribution in [0.15, 0.2) is 60.7 Å². The van der Waals surface area contributed by atoms with Crippen molar-refractivity contribution >= 4 is 27.3 Å². The third-order valence-corrected chi connectivity index (χ3v) is 6.09. The molecule has 0 aliphatic rings. The first-order valence-electron chi connectivity index (χ1n) is 9.99. The van der Waals surface area contributed by atoms with Gasteiger partial charge in [-0.25, -0.2) is 12.8 Å². The van der Waals surface area contributed by atoms with Gasteiger partial charge in [0.2, 0.25) is 10.0 Å². The number of sulfonamides is 1. The highest BCUT2D eigenvalue weighted by Crippen LogP contribution is 2.37. The smallest absolute Gasteiger partial charge is 0.257 e. The summed E-state index contributed by atoms with van der Waals surface area (Å²) in [6.45, 7) is 1.57. The van der Waals surface area contributed by atoms with Gasteiger partial charge in [-0.05, 0) is 36.8 Å². The van der Waals surface area contributed by atoms with Crippen LogP contribution >= 0.6 is 0 Å². The van der Waals surface area contributed by atoms with Crippen LogP contribution in [0.4, 0.5) is 15.8 Å². The number of methoxy groups -OCH3 is 2.